The number of carbonyl (C=O) groups is 2. The number of aromatic hydroxyl groups is 1. The summed E-state index contributed by atoms with van der Waals surface area (Å²) in [6, 6.07) is 4.79. The van der Waals surface area contributed by atoms with Gasteiger partial charge in [0.25, 0.3) is 5.91 Å². The normalized spacial score (nSPS) is 15.9. The molecule has 1 heterocycles. The van der Waals surface area contributed by atoms with Gasteiger partial charge in [-0.1, -0.05) is 0 Å². The van der Waals surface area contributed by atoms with E-state index in [-0.39, 0.29) is 17.6 Å². The SMILES string of the molecule is CC(=O)N1CCCN(C(=O)c2ccc(Br)c(O)c2)CC1. The Hall–Kier alpha value is -1.56. The molecule has 0 unspecified atom stereocenters. The molecule has 1 N–H and O–H groups in total. The van der Waals surface area contributed by atoms with Gasteiger partial charge in [-0.3, -0.25) is 9.59 Å². The van der Waals surface area contributed by atoms with Crippen LogP contribution in [0.1, 0.15) is 23.7 Å². The largest absolute Gasteiger partial charge is 0.507 e. The fraction of sp³-hybridized carbons (Fsp3) is 0.429. The van der Waals surface area contributed by atoms with E-state index in [0.29, 0.717) is 36.2 Å². The molecule has 1 aliphatic rings. The highest BCUT2D eigenvalue weighted by Crippen LogP contribution is 2.25. The van der Waals surface area contributed by atoms with Gasteiger partial charge in [-0.25, -0.2) is 0 Å². The monoisotopic (exact) mass is 340 g/mol. The first kappa shape index (κ1) is 14.8. The molecule has 0 spiro atoms. The van der Waals surface area contributed by atoms with Crippen LogP contribution in [-0.4, -0.2) is 52.9 Å². The van der Waals surface area contributed by atoms with Crippen LogP contribution in [0, 0.1) is 0 Å². The lowest BCUT2D eigenvalue weighted by molar-refractivity contribution is -0.128. The standard InChI is InChI=1S/C14H17BrN2O3/c1-10(18)16-5-2-6-17(8-7-16)14(20)11-3-4-12(15)13(19)9-11/h3-4,9,19H,2,5-8H2,1H3. The quantitative estimate of drug-likeness (QED) is 0.848. The Morgan fingerprint density at radius 2 is 1.80 bits per heavy atom. The number of phenolic OH excluding ortho intramolecular Hbond substituents is 1. The Balaban J connectivity index is 2.09. The minimum atomic E-state index is -0.113. The smallest absolute Gasteiger partial charge is 0.254 e. The van der Waals surface area contributed by atoms with Crippen molar-refractivity contribution in [2.75, 3.05) is 26.2 Å². The summed E-state index contributed by atoms with van der Waals surface area (Å²) in [6.07, 6.45) is 0.772. The predicted molar refractivity (Wildman–Crippen MR) is 78.6 cm³/mol. The van der Waals surface area contributed by atoms with Crippen LogP contribution in [0.25, 0.3) is 0 Å². The van der Waals surface area contributed by atoms with Crippen molar-refractivity contribution in [3.05, 3.63) is 28.2 Å². The van der Waals surface area contributed by atoms with Crippen molar-refractivity contribution in [1.29, 1.82) is 0 Å². The molecule has 0 bridgehead atoms. The fourth-order valence-electron chi connectivity index (χ4n) is 2.26. The zero-order chi connectivity index (χ0) is 14.7. The molecule has 5 nitrogen and oxygen atoms in total. The number of nitrogens with zero attached hydrogens (tertiary/aromatic N) is 2. The second-order valence-corrected chi connectivity index (χ2v) is 5.67. The first-order valence-electron chi connectivity index (χ1n) is 6.52. The fourth-order valence-corrected chi connectivity index (χ4v) is 2.51. The van der Waals surface area contributed by atoms with Gasteiger partial charge in [0.1, 0.15) is 5.75 Å². The van der Waals surface area contributed by atoms with Crippen molar-refractivity contribution in [1.82, 2.24) is 9.80 Å². The number of hydrogen-bond acceptors (Lipinski definition) is 3. The highest BCUT2D eigenvalue weighted by atomic mass is 79.9. The van der Waals surface area contributed by atoms with E-state index in [1.165, 1.54) is 6.07 Å². The summed E-state index contributed by atoms with van der Waals surface area (Å²) in [7, 11) is 0. The predicted octanol–water partition coefficient (Wildman–Crippen LogP) is 1.85. The molecular formula is C14H17BrN2O3. The van der Waals surface area contributed by atoms with Crippen LogP contribution >= 0.6 is 15.9 Å². The third-order valence-electron chi connectivity index (χ3n) is 3.42. The summed E-state index contributed by atoms with van der Waals surface area (Å²) in [6.45, 7) is 3.94. The molecule has 1 aromatic carbocycles. The molecule has 20 heavy (non-hydrogen) atoms. The minimum absolute atomic E-state index is 0.0422. The van der Waals surface area contributed by atoms with Gasteiger partial charge in [0.05, 0.1) is 4.47 Å². The van der Waals surface area contributed by atoms with Crippen LogP contribution in [0.2, 0.25) is 0 Å². The minimum Gasteiger partial charge on any atom is -0.507 e. The maximum Gasteiger partial charge on any atom is 0.254 e. The molecule has 1 aliphatic heterocycles. The third-order valence-corrected chi connectivity index (χ3v) is 4.09. The number of amides is 2. The molecule has 1 fully saturated rings. The molecule has 108 valence electrons. The molecule has 2 rings (SSSR count). The Morgan fingerprint density at radius 3 is 2.45 bits per heavy atom. The number of hydrogen-bond donors (Lipinski definition) is 1. The topological polar surface area (TPSA) is 60.9 Å². The molecule has 1 aromatic rings. The maximum absolute atomic E-state index is 12.4. The highest BCUT2D eigenvalue weighted by molar-refractivity contribution is 9.10. The molecule has 1 saturated heterocycles. The lowest BCUT2D eigenvalue weighted by atomic mass is 10.2. The van der Waals surface area contributed by atoms with Crippen molar-refractivity contribution in [2.24, 2.45) is 0 Å². The van der Waals surface area contributed by atoms with Crippen molar-refractivity contribution < 1.29 is 14.7 Å². The van der Waals surface area contributed by atoms with E-state index < -0.39 is 0 Å². The second kappa shape index (κ2) is 6.26. The molecule has 0 saturated carbocycles. The average Bonchev–Trinajstić information content (AvgIpc) is 2.67. The number of rotatable bonds is 1. The van der Waals surface area contributed by atoms with Crippen LogP contribution in [0.15, 0.2) is 22.7 Å². The zero-order valence-corrected chi connectivity index (χ0v) is 12.9. The summed E-state index contributed by atoms with van der Waals surface area (Å²) in [5, 5.41) is 9.65. The van der Waals surface area contributed by atoms with E-state index in [0.717, 1.165) is 6.42 Å². The Labute approximate surface area is 126 Å². The van der Waals surface area contributed by atoms with Crippen LogP contribution in [0.5, 0.6) is 5.75 Å². The van der Waals surface area contributed by atoms with E-state index in [1.54, 1.807) is 28.9 Å². The summed E-state index contributed by atoms with van der Waals surface area (Å²) >= 11 is 3.19. The van der Waals surface area contributed by atoms with Crippen molar-refractivity contribution >= 4 is 27.7 Å². The Bertz CT molecular complexity index is 533. The van der Waals surface area contributed by atoms with Gasteiger partial charge in [-0.2, -0.15) is 0 Å². The van der Waals surface area contributed by atoms with Gasteiger partial charge in [-0.05, 0) is 40.5 Å². The van der Waals surface area contributed by atoms with Crippen LogP contribution in [-0.2, 0) is 4.79 Å². The molecule has 0 atom stereocenters. The van der Waals surface area contributed by atoms with Crippen LogP contribution in [0.3, 0.4) is 0 Å². The van der Waals surface area contributed by atoms with Crippen molar-refractivity contribution in [3.63, 3.8) is 0 Å². The number of carbonyl (C=O) groups excluding carboxylic acids is 2. The van der Waals surface area contributed by atoms with E-state index in [2.05, 4.69) is 15.9 Å². The maximum atomic E-state index is 12.4. The molecule has 0 aromatic heterocycles. The zero-order valence-electron chi connectivity index (χ0n) is 11.3. The summed E-state index contributed by atoms with van der Waals surface area (Å²) in [4.78, 5) is 27.2. The van der Waals surface area contributed by atoms with E-state index in [9.17, 15) is 14.7 Å². The van der Waals surface area contributed by atoms with Crippen LogP contribution < -0.4 is 0 Å². The summed E-state index contributed by atoms with van der Waals surface area (Å²) in [5.74, 6) is -0.0187. The average molecular weight is 341 g/mol. The lowest BCUT2D eigenvalue weighted by Crippen LogP contribution is -2.36. The molecule has 2 amide bonds. The van der Waals surface area contributed by atoms with Gasteiger partial charge in [0.15, 0.2) is 0 Å². The number of phenols is 1. The summed E-state index contributed by atoms with van der Waals surface area (Å²) < 4.78 is 0.563. The Kier molecular flexibility index (Phi) is 4.65. The highest BCUT2D eigenvalue weighted by Gasteiger charge is 2.21. The first-order chi connectivity index (χ1) is 9.49. The van der Waals surface area contributed by atoms with Crippen molar-refractivity contribution in [2.45, 2.75) is 13.3 Å². The molecule has 0 aliphatic carbocycles. The van der Waals surface area contributed by atoms with Gasteiger partial charge in [-0.15, -0.1) is 0 Å². The third kappa shape index (κ3) is 3.30. The Morgan fingerprint density at radius 1 is 1.15 bits per heavy atom. The molecule has 6 heteroatoms. The van der Waals surface area contributed by atoms with Crippen LogP contribution in [0.4, 0.5) is 0 Å². The van der Waals surface area contributed by atoms with Gasteiger partial charge in [0.2, 0.25) is 5.91 Å². The van der Waals surface area contributed by atoms with E-state index >= 15 is 0 Å². The first-order valence-corrected chi connectivity index (χ1v) is 7.31. The van der Waals surface area contributed by atoms with Crippen molar-refractivity contribution in [3.8, 4) is 5.75 Å². The van der Waals surface area contributed by atoms with Gasteiger partial charge < -0.3 is 14.9 Å². The molecular weight excluding hydrogens is 324 g/mol. The van der Waals surface area contributed by atoms with E-state index in [4.69, 9.17) is 0 Å². The number of halogens is 1. The second-order valence-electron chi connectivity index (χ2n) is 4.82. The summed E-state index contributed by atoms with van der Waals surface area (Å²) in [5.41, 5.74) is 0.460. The van der Waals surface area contributed by atoms with Gasteiger partial charge >= 0.3 is 0 Å². The van der Waals surface area contributed by atoms with Gasteiger partial charge in [0, 0.05) is 38.7 Å². The molecule has 0 radical (unpaired) electrons. The van der Waals surface area contributed by atoms with E-state index in [1.807, 2.05) is 0 Å². The number of benzene rings is 1. The lowest BCUT2D eigenvalue weighted by Gasteiger charge is -2.21.